The van der Waals surface area contributed by atoms with E-state index < -0.39 is 6.03 Å². The number of Topliss-reactive ketones (excluding diaryl/α,β-unsaturated/α-hetero) is 1. The highest BCUT2D eigenvalue weighted by Crippen LogP contribution is 2.27. The van der Waals surface area contributed by atoms with Gasteiger partial charge in [0.15, 0.2) is 0 Å². The number of ketones is 1. The van der Waals surface area contributed by atoms with E-state index in [-0.39, 0.29) is 11.6 Å². The van der Waals surface area contributed by atoms with Gasteiger partial charge >= 0.3 is 6.03 Å². The van der Waals surface area contributed by atoms with Crippen molar-refractivity contribution >= 4 is 17.8 Å². The van der Waals surface area contributed by atoms with Crippen LogP contribution in [0.2, 0.25) is 0 Å². The highest BCUT2D eigenvalue weighted by atomic mass is 16.8. The van der Waals surface area contributed by atoms with E-state index in [2.05, 4.69) is 10.1 Å². The summed E-state index contributed by atoms with van der Waals surface area (Å²) in [6.45, 7) is 0. The monoisotopic (exact) mass is 243 g/mol. The topological polar surface area (TPSA) is 74.5 Å². The summed E-state index contributed by atoms with van der Waals surface area (Å²) in [6.07, 6.45) is 4.44. The van der Waals surface area contributed by atoms with Crippen LogP contribution in [-0.4, -0.2) is 33.9 Å². The summed E-state index contributed by atoms with van der Waals surface area (Å²) in [5.41, 5.74) is 0.465. The Hall–Kier alpha value is -2.47. The number of aliphatic imine (C=N–C) groups is 1. The first-order chi connectivity index (χ1) is 8.71. The lowest BCUT2D eigenvalue weighted by Gasteiger charge is -2.26. The van der Waals surface area contributed by atoms with Gasteiger partial charge in [0.25, 0.3) is 0 Å². The summed E-state index contributed by atoms with van der Waals surface area (Å²) in [5, 5.41) is 13.6. The number of carbonyl (C=O) groups is 1. The van der Waals surface area contributed by atoms with Crippen molar-refractivity contribution in [1.29, 1.82) is 0 Å². The largest absolute Gasteiger partial charge is 0.429 e. The van der Waals surface area contributed by atoms with Gasteiger partial charge in [-0.25, -0.2) is 4.90 Å². The maximum atomic E-state index is 12.2. The van der Waals surface area contributed by atoms with Crippen LogP contribution in [0.15, 0.2) is 52.8 Å². The molecular weight excluding hydrogens is 234 g/mol. The Balaban J connectivity index is 1.93. The number of rotatable bonds is 2. The maximum absolute atomic E-state index is 12.2. The first-order valence-corrected chi connectivity index (χ1v) is 5.30. The fraction of sp³-hybridized carbons (Fsp3) is 0.0833. The molecule has 2 heterocycles. The molecule has 1 atom stereocenters. The number of nitrogens with zero attached hydrogens (tertiary/aromatic N) is 3. The fourth-order valence-electron chi connectivity index (χ4n) is 1.72. The summed E-state index contributed by atoms with van der Waals surface area (Å²) >= 11 is 0. The molecule has 6 heteroatoms. The smallest absolute Gasteiger partial charge is 0.317 e. The number of fused-ring (bicyclic) bond motifs is 1. The van der Waals surface area contributed by atoms with Gasteiger partial charge in [0.1, 0.15) is 0 Å². The molecule has 0 amide bonds. The molecule has 0 aliphatic carbocycles. The third-order valence-electron chi connectivity index (χ3n) is 2.60. The van der Waals surface area contributed by atoms with Crippen LogP contribution in [0, 0.1) is 0 Å². The molecule has 0 spiro atoms. The standard InChI is InChI=1S/C12H9N3O3/c16-10(9-5-2-1-3-6-9)11-14-18-12(17)13-7-4-8-15(11)12/h1-8,17H. The molecule has 1 unspecified atom stereocenters. The Morgan fingerprint density at radius 2 is 2.11 bits per heavy atom. The van der Waals surface area contributed by atoms with E-state index in [9.17, 15) is 9.90 Å². The number of hydrogen-bond acceptors (Lipinski definition) is 6. The highest BCUT2D eigenvalue weighted by Gasteiger charge is 2.47. The first-order valence-electron chi connectivity index (χ1n) is 5.30. The van der Waals surface area contributed by atoms with Gasteiger partial charge in [-0.3, -0.25) is 4.79 Å². The Morgan fingerprint density at radius 3 is 2.89 bits per heavy atom. The van der Waals surface area contributed by atoms with Crippen molar-refractivity contribution in [3.05, 3.63) is 48.2 Å². The number of amidine groups is 1. The molecule has 0 radical (unpaired) electrons. The van der Waals surface area contributed by atoms with Gasteiger partial charge in [-0.1, -0.05) is 35.5 Å². The minimum absolute atomic E-state index is 0.00296. The van der Waals surface area contributed by atoms with Crippen molar-refractivity contribution in [2.45, 2.75) is 6.03 Å². The number of hydrogen-bond donors (Lipinski definition) is 1. The summed E-state index contributed by atoms with van der Waals surface area (Å²) in [7, 11) is 0. The number of oxime groups is 1. The highest BCUT2D eigenvalue weighted by molar-refractivity contribution is 6.45. The van der Waals surface area contributed by atoms with Gasteiger partial charge < -0.3 is 9.94 Å². The lowest BCUT2D eigenvalue weighted by Crippen LogP contribution is -2.47. The maximum Gasteiger partial charge on any atom is 0.429 e. The fourth-order valence-corrected chi connectivity index (χ4v) is 1.72. The number of benzene rings is 1. The molecule has 2 aliphatic rings. The second-order valence-electron chi connectivity index (χ2n) is 3.76. The molecule has 18 heavy (non-hydrogen) atoms. The third-order valence-corrected chi connectivity index (χ3v) is 2.60. The van der Waals surface area contributed by atoms with Crippen molar-refractivity contribution in [2.75, 3.05) is 0 Å². The van der Waals surface area contributed by atoms with Crippen LogP contribution in [0.4, 0.5) is 0 Å². The molecule has 0 saturated carbocycles. The average Bonchev–Trinajstić information content (AvgIpc) is 2.76. The van der Waals surface area contributed by atoms with E-state index >= 15 is 0 Å². The third kappa shape index (κ3) is 1.51. The van der Waals surface area contributed by atoms with Gasteiger partial charge in [0, 0.05) is 18.0 Å². The zero-order valence-electron chi connectivity index (χ0n) is 9.22. The van der Waals surface area contributed by atoms with Crippen LogP contribution >= 0.6 is 0 Å². The lowest BCUT2D eigenvalue weighted by molar-refractivity contribution is -0.235. The van der Waals surface area contributed by atoms with Gasteiger partial charge in [0.2, 0.25) is 11.6 Å². The Bertz CT molecular complexity index is 579. The molecule has 3 rings (SSSR count). The predicted octanol–water partition coefficient (Wildman–Crippen LogP) is 0.717. The van der Waals surface area contributed by atoms with Crippen LogP contribution in [0.1, 0.15) is 10.4 Å². The SMILES string of the molecule is O=C(C1=NOC2(O)N=CC=CN12)c1ccccc1. The number of allylic oxidation sites excluding steroid dienone is 1. The minimum Gasteiger partial charge on any atom is -0.317 e. The normalized spacial score (nSPS) is 24.5. The summed E-state index contributed by atoms with van der Waals surface area (Å²) in [4.78, 5) is 21.9. The summed E-state index contributed by atoms with van der Waals surface area (Å²) < 4.78 is 0. The zero-order valence-corrected chi connectivity index (χ0v) is 9.22. The first kappa shape index (κ1) is 10.7. The van der Waals surface area contributed by atoms with E-state index in [1.54, 1.807) is 30.3 Å². The second-order valence-corrected chi connectivity index (χ2v) is 3.76. The van der Waals surface area contributed by atoms with Gasteiger partial charge in [0.05, 0.1) is 0 Å². The molecule has 90 valence electrons. The summed E-state index contributed by atoms with van der Waals surface area (Å²) in [5.74, 6) is -0.343. The quantitative estimate of drug-likeness (QED) is 0.776. The Labute approximate surface area is 102 Å². The van der Waals surface area contributed by atoms with Crippen molar-refractivity contribution in [3.63, 3.8) is 0 Å². The van der Waals surface area contributed by atoms with E-state index in [4.69, 9.17) is 4.84 Å². The average molecular weight is 243 g/mol. The molecular formula is C12H9N3O3. The van der Waals surface area contributed by atoms with E-state index in [1.165, 1.54) is 17.3 Å². The number of carbonyl (C=O) groups excluding carboxylic acids is 1. The molecule has 0 aromatic heterocycles. The zero-order chi connectivity index (χ0) is 12.6. The number of aliphatic hydroxyl groups is 1. The molecule has 6 nitrogen and oxygen atoms in total. The molecule has 0 bridgehead atoms. The Morgan fingerprint density at radius 1 is 1.33 bits per heavy atom. The molecule has 0 fully saturated rings. The van der Waals surface area contributed by atoms with Crippen molar-refractivity contribution in [3.8, 4) is 0 Å². The van der Waals surface area contributed by atoms with Crippen LogP contribution in [-0.2, 0) is 4.84 Å². The minimum atomic E-state index is -1.94. The van der Waals surface area contributed by atoms with Crippen LogP contribution < -0.4 is 0 Å². The molecule has 1 aromatic rings. The van der Waals surface area contributed by atoms with Gasteiger partial charge in [-0.2, -0.15) is 4.99 Å². The Kier molecular flexibility index (Phi) is 2.24. The van der Waals surface area contributed by atoms with Gasteiger partial charge in [-0.05, 0) is 6.08 Å². The second kappa shape index (κ2) is 3.78. The van der Waals surface area contributed by atoms with Crippen molar-refractivity contribution in [2.24, 2.45) is 10.1 Å². The van der Waals surface area contributed by atoms with Crippen molar-refractivity contribution in [1.82, 2.24) is 4.90 Å². The van der Waals surface area contributed by atoms with Crippen molar-refractivity contribution < 1.29 is 14.7 Å². The lowest BCUT2D eigenvalue weighted by atomic mass is 10.1. The van der Waals surface area contributed by atoms with Crippen LogP contribution in [0.3, 0.4) is 0 Å². The molecule has 0 saturated heterocycles. The van der Waals surface area contributed by atoms with E-state index in [0.29, 0.717) is 5.56 Å². The summed E-state index contributed by atoms with van der Waals surface area (Å²) in [6, 6.07) is 6.71. The molecule has 1 N–H and O–H groups in total. The van der Waals surface area contributed by atoms with E-state index in [0.717, 1.165) is 0 Å². The van der Waals surface area contributed by atoms with Crippen LogP contribution in [0.5, 0.6) is 0 Å². The van der Waals surface area contributed by atoms with E-state index in [1.807, 2.05) is 6.07 Å². The molecule has 2 aliphatic heterocycles. The predicted molar refractivity (Wildman–Crippen MR) is 63.7 cm³/mol. The van der Waals surface area contributed by atoms with Crippen LogP contribution in [0.25, 0.3) is 0 Å². The molecule has 1 aromatic carbocycles. The van der Waals surface area contributed by atoms with Gasteiger partial charge in [-0.15, -0.1) is 0 Å².